The quantitative estimate of drug-likeness (QED) is 0.443. The minimum absolute atomic E-state index is 0.200. The van der Waals surface area contributed by atoms with Gasteiger partial charge in [-0.05, 0) is 19.8 Å². The minimum atomic E-state index is 0.200. The van der Waals surface area contributed by atoms with Gasteiger partial charge in [0.05, 0.1) is 6.61 Å². The number of carbonyl (C=O) groups is 1. The molecular formula is C12H22O2. The molecule has 0 rings (SSSR count). The highest BCUT2D eigenvalue weighted by Gasteiger charge is 2.14. The van der Waals surface area contributed by atoms with E-state index >= 15 is 0 Å². The topological polar surface area (TPSA) is 26.3 Å². The second-order valence-corrected chi connectivity index (χ2v) is 3.44. The van der Waals surface area contributed by atoms with Gasteiger partial charge in [-0.2, -0.15) is 0 Å². The van der Waals surface area contributed by atoms with Crippen LogP contribution in [0.3, 0.4) is 0 Å². The number of allylic oxidation sites excluding steroid dienone is 1. The lowest BCUT2D eigenvalue weighted by Gasteiger charge is -2.11. The van der Waals surface area contributed by atoms with Crippen molar-refractivity contribution >= 4 is 5.78 Å². The molecule has 0 fully saturated rings. The molecule has 0 aliphatic rings. The first-order valence-corrected chi connectivity index (χ1v) is 5.47. The van der Waals surface area contributed by atoms with Gasteiger partial charge in [0.2, 0.25) is 0 Å². The van der Waals surface area contributed by atoms with Gasteiger partial charge in [0, 0.05) is 5.92 Å². The molecule has 0 N–H and O–H groups in total. The van der Waals surface area contributed by atoms with E-state index in [4.69, 9.17) is 4.74 Å². The standard InChI is InChI=1S/C12H22O2/c1-4-7-9-14-10-12(13)11(6-3)8-5-2/h4,7,11H,5-6,8-10H2,1-3H3. The van der Waals surface area contributed by atoms with Gasteiger partial charge in [-0.15, -0.1) is 0 Å². The van der Waals surface area contributed by atoms with Crippen LogP contribution in [0.15, 0.2) is 12.2 Å². The van der Waals surface area contributed by atoms with Gasteiger partial charge >= 0.3 is 0 Å². The molecule has 1 unspecified atom stereocenters. The molecule has 0 aliphatic carbocycles. The summed E-state index contributed by atoms with van der Waals surface area (Å²) in [4.78, 5) is 11.6. The highest BCUT2D eigenvalue weighted by molar-refractivity contribution is 5.82. The van der Waals surface area contributed by atoms with Crippen molar-refractivity contribution in [2.24, 2.45) is 5.92 Å². The van der Waals surface area contributed by atoms with Crippen molar-refractivity contribution in [1.29, 1.82) is 0 Å². The summed E-state index contributed by atoms with van der Waals surface area (Å²) < 4.78 is 5.23. The molecule has 2 heteroatoms. The first-order chi connectivity index (χ1) is 6.76. The van der Waals surface area contributed by atoms with Crippen molar-refractivity contribution in [2.75, 3.05) is 13.2 Å². The zero-order chi connectivity index (χ0) is 10.8. The number of ether oxygens (including phenoxy) is 1. The smallest absolute Gasteiger partial charge is 0.161 e. The zero-order valence-corrected chi connectivity index (χ0v) is 9.58. The fourth-order valence-corrected chi connectivity index (χ4v) is 1.38. The molecule has 2 nitrogen and oxygen atoms in total. The molecule has 0 aliphatic heterocycles. The van der Waals surface area contributed by atoms with Gasteiger partial charge in [-0.1, -0.05) is 32.4 Å². The molecule has 0 aromatic rings. The fraction of sp³-hybridized carbons (Fsp3) is 0.750. The lowest BCUT2D eigenvalue weighted by Crippen LogP contribution is -2.19. The number of carbonyl (C=O) groups excluding carboxylic acids is 1. The van der Waals surface area contributed by atoms with Crippen molar-refractivity contribution in [1.82, 2.24) is 0 Å². The van der Waals surface area contributed by atoms with E-state index in [1.165, 1.54) is 0 Å². The Bertz CT molecular complexity index is 173. The highest BCUT2D eigenvalue weighted by Crippen LogP contribution is 2.11. The molecular weight excluding hydrogens is 176 g/mol. The van der Waals surface area contributed by atoms with Gasteiger partial charge in [-0.3, -0.25) is 4.79 Å². The lowest BCUT2D eigenvalue weighted by molar-refractivity contribution is -0.127. The second-order valence-electron chi connectivity index (χ2n) is 3.44. The lowest BCUT2D eigenvalue weighted by atomic mass is 9.96. The van der Waals surface area contributed by atoms with Crippen molar-refractivity contribution in [3.8, 4) is 0 Å². The van der Waals surface area contributed by atoms with E-state index < -0.39 is 0 Å². The summed E-state index contributed by atoms with van der Waals surface area (Å²) in [7, 11) is 0. The van der Waals surface area contributed by atoms with E-state index in [0.717, 1.165) is 19.3 Å². The van der Waals surface area contributed by atoms with Crippen LogP contribution < -0.4 is 0 Å². The summed E-state index contributed by atoms with van der Waals surface area (Å²) in [5, 5.41) is 0. The van der Waals surface area contributed by atoms with Crippen molar-refractivity contribution in [3.63, 3.8) is 0 Å². The number of hydrogen-bond donors (Lipinski definition) is 0. The van der Waals surface area contributed by atoms with Crippen molar-refractivity contribution in [3.05, 3.63) is 12.2 Å². The molecule has 0 saturated heterocycles. The van der Waals surface area contributed by atoms with Gasteiger partial charge in [0.25, 0.3) is 0 Å². The fourth-order valence-electron chi connectivity index (χ4n) is 1.38. The van der Waals surface area contributed by atoms with E-state index in [-0.39, 0.29) is 18.3 Å². The van der Waals surface area contributed by atoms with E-state index in [1.807, 2.05) is 19.1 Å². The van der Waals surface area contributed by atoms with E-state index in [1.54, 1.807) is 0 Å². The molecule has 82 valence electrons. The molecule has 0 spiro atoms. The van der Waals surface area contributed by atoms with Gasteiger partial charge in [0.15, 0.2) is 5.78 Å². The van der Waals surface area contributed by atoms with Crippen LogP contribution in [-0.4, -0.2) is 19.0 Å². The summed E-state index contributed by atoms with van der Waals surface area (Å²) in [5.74, 6) is 0.449. The maximum atomic E-state index is 11.6. The van der Waals surface area contributed by atoms with Gasteiger partial charge in [-0.25, -0.2) is 0 Å². The van der Waals surface area contributed by atoms with Crippen molar-refractivity contribution < 1.29 is 9.53 Å². The van der Waals surface area contributed by atoms with Crippen LogP contribution >= 0.6 is 0 Å². The Morgan fingerprint density at radius 1 is 1.43 bits per heavy atom. The maximum Gasteiger partial charge on any atom is 0.161 e. The number of rotatable bonds is 8. The Morgan fingerprint density at radius 3 is 2.64 bits per heavy atom. The summed E-state index contributed by atoms with van der Waals surface area (Å²) in [6, 6.07) is 0. The summed E-state index contributed by atoms with van der Waals surface area (Å²) in [5.41, 5.74) is 0. The molecule has 0 bridgehead atoms. The van der Waals surface area contributed by atoms with Crippen molar-refractivity contribution in [2.45, 2.75) is 40.0 Å². The predicted octanol–water partition coefficient (Wildman–Crippen LogP) is 2.97. The van der Waals surface area contributed by atoms with Crippen LogP contribution in [0.1, 0.15) is 40.0 Å². The van der Waals surface area contributed by atoms with Crippen LogP contribution in [0.5, 0.6) is 0 Å². The van der Waals surface area contributed by atoms with E-state index in [0.29, 0.717) is 6.61 Å². The summed E-state index contributed by atoms with van der Waals surface area (Å²) in [6.07, 6.45) is 6.82. The SMILES string of the molecule is CC=CCOCC(=O)C(CC)CCC. The minimum Gasteiger partial charge on any atom is -0.370 e. The van der Waals surface area contributed by atoms with Gasteiger partial charge < -0.3 is 4.74 Å². The molecule has 14 heavy (non-hydrogen) atoms. The highest BCUT2D eigenvalue weighted by atomic mass is 16.5. The normalized spacial score (nSPS) is 13.4. The molecule has 0 heterocycles. The molecule has 0 aromatic carbocycles. The first-order valence-electron chi connectivity index (χ1n) is 5.47. The van der Waals surface area contributed by atoms with Gasteiger partial charge in [0.1, 0.15) is 6.61 Å². The Hall–Kier alpha value is -0.630. The van der Waals surface area contributed by atoms with Crippen LogP contribution in [0.25, 0.3) is 0 Å². The summed E-state index contributed by atoms with van der Waals surface area (Å²) in [6.45, 7) is 6.92. The second kappa shape index (κ2) is 8.95. The molecule has 0 aromatic heterocycles. The Balaban J connectivity index is 3.69. The number of hydrogen-bond acceptors (Lipinski definition) is 2. The van der Waals surface area contributed by atoms with Crippen LogP contribution in [0.4, 0.5) is 0 Å². The predicted molar refractivity (Wildman–Crippen MR) is 59.3 cm³/mol. The maximum absolute atomic E-state index is 11.6. The summed E-state index contributed by atoms with van der Waals surface area (Å²) >= 11 is 0. The molecule has 0 radical (unpaired) electrons. The largest absolute Gasteiger partial charge is 0.370 e. The monoisotopic (exact) mass is 198 g/mol. The number of Topliss-reactive ketones (excluding diaryl/α,β-unsaturated/α-hetero) is 1. The zero-order valence-electron chi connectivity index (χ0n) is 9.58. The third kappa shape index (κ3) is 5.92. The Kier molecular flexibility index (Phi) is 8.54. The van der Waals surface area contributed by atoms with E-state index in [9.17, 15) is 4.79 Å². The Labute approximate surface area is 87.3 Å². The molecule has 0 saturated carbocycles. The number of ketones is 1. The third-order valence-electron chi connectivity index (χ3n) is 2.28. The van der Waals surface area contributed by atoms with Crippen LogP contribution in [0, 0.1) is 5.92 Å². The average molecular weight is 198 g/mol. The van der Waals surface area contributed by atoms with E-state index in [2.05, 4.69) is 13.8 Å². The average Bonchev–Trinajstić information content (AvgIpc) is 2.20. The molecule has 0 amide bonds. The molecule has 1 atom stereocenters. The van der Waals surface area contributed by atoms with Crippen LogP contribution in [0.2, 0.25) is 0 Å². The first kappa shape index (κ1) is 13.4. The Morgan fingerprint density at radius 2 is 2.14 bits per heavy atom. The van der Waals surface area contributed by atoms with Crippen LogP contribution in [-0.2, 0) is 9.53 Å². The third-order valence-corrected chi connectivity index (χ3v) is 2.28.